The summed E-state index contributed by atoms with van der Waals surface area (Å²) in [5.41, 5.74) is 16.7. The van der Waals surface area contributed by atoms with Crippen molar-refractivity contribution < 1.29 is 0 Å². The number of rotatable bonds is 6. The zero-order valence-corrected chi connectivity index (χ0v) is 31.6. The smallest absolute Gasteiger partial charge is 0.0991 e. The van der Waals surface area contributed by atoms with Crippen LogP contribution in [0.25, 0.3) is 50.1 Å². The van der Waals surface area contributed by atoms with Crippen LogP contribution in [0.3, 0.4) is 0 Å². The van der Waals surface area contributed by atoms with Crippen molar-refractivity contribution in [3.05, 3.63) is 197 Å². The second-order valence-electron chi connectivity index (χ2n) is 13.6. The van der Waals surface area contributed by atoms with Gasteiger partial charge >= 0.3 is 0 Å². The molecule has 0 saturated heterocycles. The molecule has 3 aliphatic heterocycles. The number of benzene rings is 7. The third-order valence-electron chi connectivity index (χ3n) is 10.5. The molecule has 53 heavy (non-hydrogen) atoms. The summed E-state index contributed by atoms with van der Waals surface area (Å²) in [7, 11) is 0. The molecule has 0 unspecified atom stereocenters. The quantitative estimate of drug-likeness (QED) is 0.157. The van der Waals surface area contributed by atoms with Crippen molar-refractivity contribution in [3.8, 4) is 44.5 Å². The van der Waals surface area contributed by atoms with Crippen LogP contribution in [-0.4, -0.2) is 6.71 Å². The SMILES string of the molecule is C/C=C(\C=C1\Sc2cccc3c2B2C1=CSc1cccc(c12)S3)c1ccc(-c2ccc(-c3cc(-c4ccccc4)cc(-c4ccccc4)c3)cc2)cc1. The molecule has 0 saturated carbocycles. The molecule has 0 amide bonds. The fourth-order valence-electron chi connectivity index (χ4n) is 7.82. The van der Waals surface area contributed by atoms with E-state index in [1.165, 1.54) is 96.5 Å². The standard InChI is InChI=1S/C49H33BS3/c1-2-32(30-47-42-31-51-43-15-9-16-44-48(43)50(42)49-45(52-44)17-10-18-46(49)53-47)35-19-21-36(22-20-35)37-23-25-38(26-24-37)41-28-39(33-11-5-3-6-12-33)27-40(29-41)34-13-7-4-8-14-34/h2-31H,1H3/b32-2+,47-30+. The molecule has 10 rings (SSSR count). The molecule has 3 aliphatic rings. The van der Waals surface area contributed by atoms with E-state index >= 15 is 0 Å². The van der Waals surface area contributed by atoms with Crippen LogP contribution < -0.4 is 10.9 Å². The van der Waals surface area contributed by atoms with Gasteiger partial charge in [0.2, 0.25) is 6.71 Å². The average Bonchev–Trinajstić information content (AvgIpc) is 3.23. The molecule has 4 heteroatoms. The highest BCUT2D eigenvalue weighted by Gasteiger charge is 2.42. The Labute approximate surface area is 324 Å². The normalized spacial score (nSPS) is 14.9. The van der Waals surface area contributed by atoms with Crippen molar-refractivity contribution in [2.24, 2.45) is 0 Å². The van der Waals surface area contributed by atoms with Gasteiger partial charge in [-0.25, -0.2) is 0 Å². The molecular formula is C49H33BS3. The van der Waals surface area contributed by atoms with Crippen LogP contribution in [0.2, 0.25) is 0 Å². The summed E-state index contributed by atoms with van der Waals surface area (Å²) in [6, 6.07) is 60.0. The maximum absolute atomic E-state index is 2.42. The van der Waals surface area contributed by atoms with Crippen molar-refractivity contribution in [3.63, 3.8) is 0 Å². The van der Waals surface area contributed by atoms with E-state index in [2.05, 4.69) is 188 Å². The van der Waals surface area contributed by atoms with E-state index < -0.39 is 0 Å². The highest BCUT2D eigenvalue weighted by molar-refractivity contribution is 8.05. The lowest BCUT2D eigenvalue weighted by Crippen LogP contribution is -2.52. The van der Waals surface area contributed by atoms with E-state index in [0.29, 0.717) is 6.71 Å². The van der Waals surface area contributed by atoms with Gasteiger partial charge in [-0.1, -0.05) is 163 Å². The predicted octanol–water partition coefficient (Wildman–Crippen LogP) is 13.1. The first-order valence-corrected chi connectivity index (χ1v) is 20.6. The third-order valence-corrected chi connectivity index (χ3v) is 13.8. The van der Waals surface area contributed by atoms with Gasteiger partial charge in [0, 0.05) is 24.5 Å². The molecule has 0 aliphatic carbocycles. The molecule has 0 fully saturated rings. The van der Waals surface area contributed by atoms with Gasteiger partial charge in [-0.15, -0.1) is 0 Å². The van der Waals surface area contributed by atoms with E-state index in [1.807, 2.05) is 35.3 Å². The summed E-state index contributed by atoms with van der Waals surface area (Å²) in [4.78, 5) is 6.91. The summed E-state index contributed by atoms with van der Waals surface area (Å²) < 4.78 is 0. The Balaban J connectivity index is 0.942. The van der Waals surface area contributed by atoms with Gasteiger partial charge < -0.3 is 0 Å². The van der Waals surface area contributed by atoms with E-state index in [-0.39, 0.29) is 0 Å². The van der Waals surface area contributed by atoms with Gasteiger partial charge in [-0.05, 0) is 133 Å². The molecule has 250 valence electrons. The molecule has 0 radical (unpaired) electrons. The van der Waals surface area contributed by atoms with Crippen molar-refractivity contribution in [1.29, 1.82) is 0 Å². The van der Waals surface area contributed by atoms with Gasteiger partial charge in [0.1, 0.15) is 0 Å². The van der Waals surface area contributed by atoms with Gasteiger partial charge in [-0.2, -0.15) is 0 Å². The van der Waals surface area contributed by atoms with Crippen molar-refractivity contribution >= 4 is 58.5 Å². The van der Waals surface area contributed by atoms with Gasteiger partial charge in [-0.3, -0.25) is 0 Å². The van der Waals surface area contributed by atoms with Crippen LogP contribution in [0, 0.1) is 0 Å². The first-order valence-electron chi connectivity index (χ1n) is 18.0. The molecular weight excluding hydrogens is 696 g/mol. The first kappa shape index (κ1) is 32.5. The molecule has 0 N–H and O–H groups in total. The zero-order chi connectivity index (χ0) is 35.3. The highest BCUT2D eigenvalue weighted by Crippen LogP contribution is 2.48. The number of thioether (sulfide) groups is 2. The minimum absolute atomic E-state index is 0.302. The minimum atomic E-state index is 0.302. The summed E-state index contributed by atoms with van der Waals surface area (Å²) in [6.07, 6.45) is 4.67. The summed E-state index contributed by atoms with van der Waals surface area (Å²) >= 11 is 5.73. The number of allylic oxidation sites excluding steroid dienone is 4. The summed E-state index contributed by atoms with van der Waals surface area (Å²) in [5, 5.41) is 2.41. The minimum Gasteiger partial charge on any atom is -0.0991 e. The maximum atomic E-state index is 2.42. The third kappa shape index (κ3) is 5.96. The topological polar surface area (TPSA) is 0 Å². The van der Waals surface area contributed by atoms with E-state index in [1.54, 1.807) is 0 Å². The van der Waals surface area contributed by atoms with Crippen LogP contribution in [0.5, 0.6) is 0 Å². The Morgan fingerprint density at radius 1 is 0.453 bits per heavy atom. The van der Waals surface area contributed by atoms with Gasteiger partial charge in [0.15, 0.2) is 0 Å². The lowest BCUT2D eigenvalue weighted by atomic mass is 9.35. The summed E-state index contributed by atoms with van der Waals surface area (Å²) in [6.45, 7) is 2.46. The molecule has 7 aromatic rings. The number of hydrogen-bond donors (Lipinski definition) is 0. The molecule has 0 bridgehead atoms. The van der Waals surface area contributed by atoms with Crippen LogP contribution >= 0.6 is 35.3 Å². The Kier molecular flexibility index (Phi) is 8.40. The largest absolute Gasteiger partial charge is 0.249 e. The van der Waals surface area contributed by atoms with Crippen molar-refractivity contribution in [2.45, 2.75) is 26.5 Å². The second kappa shape index (κ2) is 13.7. The number of hydrogen-bond acceptors (Lipinski definition) is 3. The van der Waals surface area contributed by atoms with Gasteiger partial charge in [0.05, 0.1) is 0 Å². The lowest BCUT2D eigenvalue weighted by Gasteiger charge is -2.37. The van der Waals surface area contributed by atoms with Crippen molar-refractivity contribution in [1.82, 2.24) is 0 Å². The molecule has 0 spiro atoms. The summed E-state index contributed by atoms with van der Waals surface area (Å²) in [5.74, 6) is 0. The second-order valence-corrected chi connectivity index (χ2v) is 16.7. The monoisotopic (exact) mass is 728 g/mol. The van der Waals surface area contributed by atoms with Crippen LogP contribution in [0.1, 0.15) is 12.5 Å². The molecule has 0 aromatic heterocycles. The van der Waals surface area contributed by atoms with Crippen LogP contribution in [-0.2, 0) is 0 Å². The molecule has 7 aromatic carbocycles. The zero-order valence-electron chi connectivity index (χ0n) is 29.1. The Bertz CT molecular complexity index is 2560. The molecule has 3 heterocycles. The lowest BCUT2D eigenvalue weighted by molar-refractivity contribution is 1.31. The maximum Gasteiger partial charge on any atom is 0.249 e. The fraction of sp³-hybridized carbons (Fsp3) is 0.0204. The predicted molar refractivity (Wildman–Crippen MR) is 232 cm³/mol. The van der Waals surface area contributed by atoms with Crippen LogP contribution in [0.15, 0.2) is 211 Å². The Hall–Kier alpha value is -5.13. The van der Waals surface area contributed by atoms with Crippen LogP contribution in [0.4, 0.5) is 0 Å². The molecule has 0 nitrogen and oxygen atoms in total. The van der Waals surface area contributed by atoms with Crippen molar-refractivity contribution in [2.75, 3.05) is 0 Å². The average molecular weight is 729 g/mol. The fourth-order valence-corrected chi connectivity index (χ4v) is 11.5. The van der Waals surface area contributed by atoms with Gasteiger partial charge in [0.25, 0.3) is 0 Å². The van der Waals surface area contributed by atoms with E-state index in [0.717, 1.165) is 0 Å². The molecule has 0 atom stereocenters. The Morgan fingerprint density at radius 2 is 0.906 bits per heavy atom. The van der Waals surface area contributed by atoms with E-state index in [4.69, 9.17) is 0 Å². The van der Waals surface area contributed by atoms with E-state index in [9.17, 15) is 0 Å². The highest BCUT2D eigenvalue weighted by atomic mass is 32.2. The first-order chi connectivity index (χ1) is 26.2. The Morgan fingerprint density at radius 3 is 1.45 bits per heavy atom.